The maximum absolute atomic E-state index is 11.4. The van der Waals surface area contributed by atoms with Crippen molar-refractivity contribution in [3.8, 4) is 0 Å². The van der Waals surface area contributed by atoms with Crippen LogP contribution >= 0.6 is 11.3 Å². The Bertz CT molecular complexity index is 604. The van der Waals surface area contributed by atoms with E-state index in [9.17, 15) is 9.90 Å². The molecule has 2 rings (SSSR count). The first-order valence-electron chi connectivity index (χ1n) is 6.91. The van der Waals surface area contributed by atoms with Crippen molar-refractivity contribution in [3.63, 3.8) is 0 Å². The summed E-state index contributed by atoms with van der Waals surface area (Å²) in [5.41, 5.74) is 0.948. The number of thiophene rings is 1. The number of carboxylic acids is 1. The van der Waals surface area contributed by atoms with Crippen LogP contribution in [-0.4, -0.2) is 29.6 Å². The lowest BCUT2D eigenvalue weighted by Gasteiger charge is -2.18. The zero-order valence-electron chi connectivity index (χ0n) is 12.2. The van der Waals surface area contributed by atoms with E-state index in [-0.39, 0.29) is 0 Å². The minimum atomic E-state index is -0.821. The number of carbonyl (C=O) groups is 1. The first kappa shape index (κ1) is 15.0. The fourth-order valence-electron chi connectivity index (χ4n) is 2.26. The van der Waals surface area contributed by atoms with Gasteiger partial charge in [0.2, 0.25) is 0 Å². The molecule has 3 nitrogen and oxygen atoms in total. The molecule has 0 fully saturated rings. The van der Waals surface area contributed by atoms with Crippen LogP contribution in [0.4, 0.5) is 0 Å². The van der Waals surface area contributed by atoms with Crippen LogP contribution in [0.1, 0.15) is 35.5 Å². The minimum absolute atomic E-state index is 0.475. The van der Waals surface area contributed by atoms with Crippen molar-refractivity contribution in [2.45, 2.75) is 26.8 Å². The maximum atomic E-state index is 11.4. The molecule has 0 saturated carbocycles. The molecule has 20 heavy (non-hydrogen) atoms. The van der Waals surface area contributed by atoms with E-state index in [1.807, 2.05) is 24.3 Å². The van der Waals surface area contributed by atoms with E-state index in [1.54, 1.807) is 0 Å². The molecule has 0 radical (unpaired) electrons. The summed E-state index contributed by atoms with van der Waals surface area (Å²) in [4.78, 5) is 14.1. The van der Waals surface area contributed by atoms with Gasteiger partial charge in [-0.1, -0.05) is 32.0 Å². The SMILES string of the molecule is CC(C)CCN(C)Cc1c(C(=O)O)sc2ccccc12. The topological polar surface area (TPSA) is 40.5 Å². The Labute approximate surface area is 123 Å². The standard InChI is InChI=1S/C16H21NO2S/c1-11(2)8-9-17(3)10-13-12-6-4-5-7-14(12)20-15(13)16(18)19/h4-7,11H,8-10H2,1-3H3,(H,18,19). The van der Waals surface area contributed by atoms with E-state index in [2.05, 4.69) is 25.8 Å². The number of benzene rings is 1. The number of nitrogens with zero attached hydrogens (tertiary/aromatic N) is 1. The average molecular weight is 291 g/mol. The smallest absolute Gasteiger partial charge is 0.346 e. The van der Waals surface area contributed by atoms with Crippen LogP contribution in [0.3, 0.4) is 0 Å². The maximum Gasteiger partial charge on any atom is 0.346 e. The first-order valence-corrected chi connectivity index (χ1v) is 7.73. The van der Waals surface area contributed by atoms with Crippen LogP contribution in [0.2, 0.25) is 0 Å². The molecule has 1 aromatic heterocycles. The zero-order valence-corrected chi connectivity index (χ0v) is 13.0. The van der Waals surface area contributed by atoms with Crippen molar-refractivity contribution in [2.75, 3.05) is 13.6 Å². The van der Waals surface area contributed by atoms with E-state index in [4.69, 9.17) is 0 Å². The van der Waals surface area contributed by atoms with Crippen LogP contribution < -0.4 is 0 Å². The molecular formula is C16H21NO2S. The Kier molecular flexibility index (Phi) is 4.78. The second-order valence-electron chi connectivity index (χ2n) is 5.63. The summed E-state index contributed by atoms with van der Waals surface area (Å²) < 4.78 is 1.05. The molecular weight excluding hydrogens is 270 g/mol. The molecule has 0 spiro atoms. The second kappa shape index (κ2) is 6.37. The molecule has 0 unspecified atom stereocenters. The molecule has 1 aromatic carbocycles. The van der Waals surface area contributed by atoms with Gasteiger partial charge in [-0.15, -0.1) is 11.3 Å². The van der Waals surface area contributed by atoms with Gasteiger partial charge in [0.15, 0.2) is 0 Å². The predicted octanol–water partition coefficient (Wildman–Crippen LogP) is 4.08. The Morgan fingerprint density at radius 3 is 2.70 bits per heavy atom. The van der Waals surface area contributed by atoms with E-state index >= 15 is 0 Å². The normalized spacial score (nSPS) is 11.7. The summed E-state index contributed by atoms with van der Waals surface area (Å²) in [6, 6.07) is 7.93. The number of rotatable bonds is 6. The highest BCUT2D eigenvalue weighted by atomic mass is 32.1. The monoisotopic (exact) mass is 291 g/mol. The molecule has 108 valence electrons. The van der Waals surface area contributed by atoms with Crippen molar-refractivity contribution >= 4 is 27.4 Å². The molecule has 1 heterocycles. The number of hydrogen-bond donors (Lipinski definition) is 1. The Morgan fingerprint density at radius 1 is 1.35 bits per heavy atom. The van der Waals surface area contributed by atoms with E-state index < -0.39 is 5.97 Å². The third kappa shape index (κ3) is 3.38. The predicted molar refractivity (Wildman–Crippen MR) is 84.6 cm³/mol. The third-order valence-electron chi connectivity index (χ3n) is 3.41. The fraction of sp³-hybridized carbons (Fsp3) is 0.438. The molecule has 0 amide bonds. The molecule has 0 aliphatic carbocycles. The van der Waals surface area contributed by atoms with Crippen molar-refractivity contribution in [2.24, 2.45) is 5.92 Å². The summed E-state index contributed by atoms with van der Waals surface area (Å²) in [6.07, 6.45) is 1.13. The molecule has 2 aromatic rings. The summed E-state index contributed by atoms with van der Waals surface area (Å²) in [7, 11) is 2.06. The Morgan fingerprint density at radius 2 is 2.05 bits per heavy atom. The molecule has 0 atom stereocenters. The highest BCUT2D eigenvalue weighted by molar-refractivity contribution is 7.21. The molecule has 1 N–H and O–H groups in total. The largest absolute Gasteiger partial charge is 0.477 e. The van der Waals surface area contributed by atoms with Gasteiger partial charge in [-0.25, -0.2) is 4.79 Å². The number of carboxylic acid groups (broad SMARTS) is 1. The molecule has 0 aliphatic rings. The average Bonchev–Trinajstić information content (AvgIpc) is 2.76. The van der Waals surface area contributed by atoms with Gasteiger partial charge >= 0.3 is 5.97 Å². The summed E-state index contributed by atoms with van der Waals surface area (Å²) in [6.45, 7) is 6.09. The molecule has 0 aliphatic heterocycles. The highest BCUT2D eigenvalue weighted by Crippen LogP contribution is 2.32. The Balaban J connectivity index is 2.27. The van der Waals surface area contributed by atoms with Crippen LogP contribution in [0.15, 0.2) is 24.3 Å². The quantitative estimate of drug-likeness (QED) is 0.872. The fourth-order valence-corrected chi connectivity index (χ4v) is 3.31. The number of hydrogen-bond acceptors (Lipinski definition) is 3. The van der Waals surface area contributed by atoms with E-state index in [0.717, 1.165) is 28.6 Å². The second-order valence-corrected chi connectivity index (χ2v) is 6.68. The van der Waals surface area contributed by atoms with Gasteiger partial charge in [-0.3, -0.25) is 0 Å². The molecule has 0 saturated heterocycles. The van der Waals surface area contributed by atoms with Gasteiger partial charge in [-0.2, -0.15) is 0 Å². The lowest BCUT2D eigenvalue weighted by molar-refractivity contribution is 0.0700. The zero-order chi connectivity index (χ0) is 14.7. The lowest BCUT2D eigenvalue weighted by atomic mass is 10.1. The van der Waals surface area contributed by atoms with Gasteiger partial charge in [0.1, 0.15) is 4.88 Å². The minimum Gasteiger partial charge on any atom is -0.477 e. The van der Waals surface area contributed by atoms with Crippen LogP contribution in [-0.2, 0) is 6.54 Å². The van der Waals surface area contributed by atoms with Crippen molar-refractivity contribution < 1.29 is 9.90 Å². The first-order chi connectivity index (χ1) is 9.49. The van der Waals surface area contributed by atoms with Crippen molar-refractivity contribution in [3.05, 3.63) is 34.7 Å². The molecule has 0 bridgehead atoms. The van der Waals surface area contributed by atoms with Gasteiger partial charge in [0.25, 0.3) is 0 Å². The van der Waals surface area contributed by atoms with E-state index in [0.29, 0.717) is 17.3 Å². The van der Waals surface area contributed by atoms with Gasteiger partial charge < -0.3 is 10.0 Å². The highest BCUT2D eigenvalue weighted by Gasteiger charge is 2.18. The van der Waals surface area contributed by atoms with E-state index in [1.165, 1.54) is 11.3 Å². The van der Waals surface area contributed by atoms with Crippen LogP contribution in [0.5, 0.6) is 0 Å². The molecule has 4 heteroatoms. The summed E-state index contributed by atoms with van der Waals surface area (Å²) in [5, 5.41) is 10.5. The number of aromatic carboxylic acids is 1. The lowest BCUT2D eigenvalue weighted by Crippen LogP contribution is -2.21. The van der Waals surface area contributed by atoms with Gasteiger partial charge in [0.05, 0.1) is 0 Å². The van der Waals surface area contributed by atoms with Crippen LogP contribution in [0.25, 0.3) is 10.1 Å². The number of fused-ring (bicyclic) bond motifs is 1. The Hall–Kier alpha value is -1.39. The van der Waals surface area contributed by atoms with Crippen molar-refractivity contribution in [1.29, 1.82) is 0 Å². The summed E-state index contributed by atoms with van der Waals surface area (Å²) >= 11 is 1.37. The van der Waals surface area contributed by atoms with Gasteiger partial charge in [-0.05, 0) is 42.9 Å². The van der Waals surface area contributed by atoms with Crippen LogP contribution in [0, 0.1) is 5.92 Å². The van der Waals surface area contributed by atoms with Gasteiger partial charge in [0, 0.05) is 11.2 Å². The van der Waals surface area contributed by atoms with Crippen molar-refractivity contribution in [1.82, 2.24) is 4.90 Å². The summed E-state index contributed by atoms with van der Waals surface area (Å²) in [5.74, 6) is -0.158. The third-order valence-corrected chi connectivity index (χ3v) is 4.61.